The smallest absolute Gasteiger partial charge is 0.230 e. The van der Waals surface area contributed by atoms with Crippen LogP contribution in [0.15, 0.2) is 24.3 Å². The number of rotatable bonds is 2. The summed E-state index contributed by atoms with van der Waals surface area (Å²) in [5.74, 6) is 1.11. The second-order valence-electron chi connectivity index (χ2n) is 4.81. The third-order valence-corrected chi connectivity index (χ3v) is 3.57. The maximum atomic E-state index is 11.7. The van der Waals surface area contributed by atoms with Crippen LogP contribution in [0, 0.1) is 0 Å². The highest BCUT2D eigenvalue weighted by Crippen LogP contribution is 2.32. The summed E-state index contributed by atoms with van der Waals surface area (Å²) in [7, 11) is 0. The Balaban J connectivity index is 1.77. The number of benzene rings is 1. The number of fused-ring (bicyclic) bond motifs is 1. The van der Waals surface area contributed by atoms with Crippen LogP contribution in [-0.4, -0.2) is 35.5 Å². The predicted molar refractivity (Wildman–Crippen MR) is 66.9 cm³/mol. The zero-order chi connectivity index (χ0) is 13.4. The molecule has 5 nitrogen and oxygen atoms in total. The van der Waals surface area contributed by atoms with Crippen molar-refractivity contribution in [3.05, 3.63) is 24.3 Å². The quantitative estimate of drug-likeness (QED) is 0.754. The summed E-state index contributed by atoms with van der Waals surface area (Å²) < 4.78 is 11.4. The minimum Gasteiger partial charge on any atom is -0.486 e. The lowest BCUT2D eigenvalue weighted by Gasteiger charge is -2.34. The highest BCUT2D eigenvalue weighted by Gasteiger charge is 2.39. The molecule has 5 heteroatoms. The number of carbonyl (C=O) groups is 2. The van der Waals surface area contributed by atoms with E-state index in [1.165, 1.54) is 4.90 Å². The van der Waals surface area contributed by atoms with Crippen molar-refractivity contribution in [3.8, 4) is 11.5 Å². The van der Waals surface area contributed by atoms with E-state index in [1.54, 1.807) is 0 Å². The minimum absolute atomic E-state index is 0.125. The summed E-state index contributed by atoms with van der Waals surface area (Å²) in [5.41, 5.74) is 0. The van der Waals surface area contributed by atoms with E-state index in [2.05, 4.69) is 0 Å². The summed E-state index contributed by atoms with van der Waals surface area (Å²) in [6, 6.07) is 7.08. The first-order valence-corrected chi connectivity index (χ1v) is 6.40. The Morgan fingerprint density at radius 2 is 1.79 bits per heavy atom. The Kier molecular flexibility index (Phi) is 2.89. The molecular weight excluding hydrogens is 246 g/mol. The lowest BCUT2D eigenvalue weighted by Crippen LogP contribution is -2.50. The molecule has 1 aromatic rings. The Bertz CT molecular complexity index is 512. The summed E-state index contributed by atoms with van der Waals surface area (Å²) in [6.45, 7) is 2.16. The van der Waals surface area contributed by atoms with Crippen LogP contribution in [0.5, 0.6) is 11.5 Å². The van der Waals surface area contributed by atoms with Gasteiger partial charge in [0.05, 0.1) is 6.04 Å². The number of para-hydroxylation sites is 2. The van der Waals surface area contributed by atoms with Crippen molar-refractivity contribution in [1.29, 1.82) is 0 Å². The predicted octanol–water partition coefficient (Wildman–Crippen LogP) is 1.36. The monoisotopic (exact) mass is 261 g/mol. The van der Waals surface area contributed by atoms with Gasteiger partial charge in [-0.15, -0.1) is 0 Å². The van der Waals surface area contributed by atoms with Crippen LogP contribution in [0.4, 0.5) is 0 Å². The second-order valence-corrected chi connectivity index (χ2v) is 4.81. The van der Waals surface area contributed by atoms with Gasteiger partial charge in [-0.3, -0.25) is 14.5 Å². The number of ether oxygens (including phenoxy) is 2. The maximum Gasteiger partial charge on any atom is 0.230 e. The SMILES string of the molecule is C[C@H]([C@H]1COc2ccccc2O1)N1C(=O)CCC1=O. The Labute approximate surface area is 111 Å². The number of likely N-dealkylation sites (tertiary alicyclic amines) is 1. The molecule has 1 aromatic carbocycles. The molecule has 0 N–H and O–H groups in total. The summed E-state index contributed by atoms with van der Waals surface area (Å²) in [4.78, 5) is 24.8. The number of hydrogen-bond acceptors (Lipinski definition) is 4. The third-order valence-electron chi connectivity index (χ3n) is 3.57. The molecule has 0 unspecified atom stereocenters. The zero-order valence-electron chi connectivity index (χ0n) is 10.7. The number of imide groups is 1. The lowest BCUT2D eigenvalue weighted by atomic mass is 10.1. The van der Waals surface area contributed by atoms with Crippen LogP contribution in [-0.2, 0) is 9.59 Å². The molecule has 1 saturated heterocycles. The van der Waals surface area contributed by atoms with Gasteiger partial charge in [0.25, 0.3) is 0 Å². The van der Waals surface area contributed by atoms with Gasteiger partial charge in [0, 0.05) is 12.8 Å². The van der Waals surface area contributed by atoms with Gasteiger partial charge in [0.15, 0.2) is 17.6 Å². The third kappa shape index (κ3) is 2.05. The molecule has 1 fully saturated rings. The maximum absolute atomic E-state index is 11.7. The summed E-state index contributed by atoms with van der Waals surface area (Å²) in [6.07, 6.45) is 0.279. The molecule has 2 heterocycles. The fourth-order valence-electron chi connectivity index (χ4n) is 2.49. The average Bonchev–Trinajstić information content (AvgIpc) is 2.77. The molecule has 0 bridgehead atoms. The van der Waals surface area contributed by atoms with Crippen molar-refractivity contribution in [2.45, 2.75) is 31.9 Å². The van der Waals surface area contributed by atoms with Gasteiger partial charge in [0.1, 0.15) is 6.61 Å². The van der Waals surface area contributed by atoms with E-state index in [-0.39, 0.29) is 24.0 Å². The first-order chi connectivity index (χ1) is 9.16. The highest BCUT2D eigenvalue weighted by atomic mass is 16.6. The van der Waals surface area contributed by atoms with Gasteiger partial charge < -0.3 is 9.47 Å². The molecule has 100 valence electrons. The van der Waals surface area contributed by atoms with Gasteiger partial charge in [-0.1, -0.05) is 12.1 Å². The van der Waals surface area contributed by atoms with Gasteiger partial charge in [-0.2, -0.15) is 0 Å². The molecule has 0 spiro atoms. The van der Waals surface area contributed by atoms with E-state index in [4.69, 9.17) is 9.47 Å². The van der Waals surface area contributed by atoms with E-state index in [0.717, 1.165) is 0 Å². The Morgan fingerprint density at radius 3 is 2.47 bits per heavy atom. The van der Waals surface area contributed by atoms with E-state index < -0.39 is 0 Å². The number of nitrogens with zero attached hydrogens (tertiary/aromatic N) is 1. The van der Waals surface area contributed by atoms with E-state index in [0.29, 0.717) is 30.9 Å². The van der Waals surface area contributed by atoms with E-state index >= 15 is 0 Å². The average molecular weight is 261 g/mol. The largest absolute Gasteiger partial charge is 0.486 e. The van der Waals surface area contributed by atoms with Crippen LogP contribution in [0.1, 0.15) is 19.8 Å². The highest BCUT2D eigenvalue weighted by molar-refractivity contribution is 6.02. The molecule has 0 aliphatic carbocycles. The van der Waals surface area contributed by atoms with Gasteiger partial charge in [-0.25, -0.2) is 0 Å². The zero-order valence-corrected chi connectivity index (χ0v) is 10.7. The molecule has 19 heavy (non-hydrogen) atoms. The van der Waals surface area contributed by atoms with Crippen molar-refractivity contribution in [2.24, 2.45) is 0 Å². The molecular formula is C14H15NO4. The normalized spacial score (nSPS) is 23.6. The van der Waals surface area contributed by atoms with Crippen LogP contribution in [0.2, 0.25) is 0 Å². The molecule has 3 rings (SSSR count). The molecule has 0 aromatic heterocycles. The van der Waals surface area contributed by atoms with Crippen molar-refractivity contribution in [1.82, 2.24) is 4.90 Å². The molecule has 0 radical (unpaired) electrons. The Morgan fingerprint density at radius 1 is 1.16 bits per heavy atom. The van der Waals surface area contributed by atoms with Crippen molar-refractivity contribution in [3.63, 3.8) is 0 Å². The van der Waals surface area contributed by atoms with E-state index in [9.17, 15) is 9.59 Å². The lowest BCUT2D eigenvalue weighted by molar-refractivity contribution is -0.143. The van der Waals surface area contributed by atoms with Crippen LogP contribution >= 0.6 is 0 Å². The van der Waals surface area contributed by atoms with E-state index in [1.807, 2.05) is 31.2 Å². The fourth-order valence-corrected chi connectivity index (χ4v) is 2.49. The number of carbonyl (C=O) groups excluding carboxylic acids is 2. The summed E-state index contributed by atoms with van der Waals surface area (Å²) in [5, 5.41) is 0. The van der Waals surface area contributed by atoms with Crippen molar-refractivity contribution in [2.75, 3.05) is 6.61 Å². The summed E-state index contributed by atoms with van der Waals surface area (Å²) >= 11 is 0. The van der Waals surface area contributed by atoms with Crippen LogP contribution in [0.3, 0.4) is 0 Å². The van der Waals surface area contributed by atoms with Crippen molar-refractivity contribution < 1.29 is 19.1 Å². The molecule has 2 aliphatic rings. The number of amides is 2. The van der Waals surface area contributed by atoms with Gasteiger partial charge >= 0.3 is 0 Å². The first kappa shape index (κ1) is 12.0. The second kappa shape index (κ2) is 4.57. The fraction of sp³-hybridized carbons (Fsp3) is 0.429. The van der Waals surface area contributed by atoms with Crippen LogP contribution in [0.25, 0.3) is 0 Å². The Hall–Kier alpha value is -2.04. The first-order valence-electron chi connectivity index (χ1n) is 6.40. The number of hydrogen-bond donors (Lipinski definition) is 0. The van der Waals surface area contributed by atoms with Crippen LogP contribution < -0.4 is 9.47 Å². The minimum atomic E-state index is -0.319. The molecule has 2 aliphatic heterocycles. The molecule has 2 amide bonds. The van der Waals surface area contributed by atoms with Gasteiger partial charge in [-0.05, 0) is 19.1 Å². The topological polar surface area (TPSA) is 55.8 Å². The molecule has 0 saturated carbocycles. The van der Waals surface area contributed by atoms with Gasteiger partial charge in [0.2, 0.25) is 11.8 Å². The standard InChI is InChI=1S/C14H15NO4/c1-9(15-13(16)6-7-14(15)17)12-8-18-10-4-2-3-5-11(10)19-12/h2-5,9,12H,6-8H2,1H3/t9-,12-/m1/s1. The van der Waals surface area contributed by atoms with Crippen molar-refractivity contribution >= 4 is 11.8 Å². The molecule has 2 atom stereocenters.